The van der Waals surface area contributed by atoms with Crippen LogP contribution in [0, 0.1) is 5.41 Å². The Morgan fingerprint density at radius 1 is 1.31 bits per heavy atom. The standard InChI is InChI=1S/C19H26ClN3O3/c1-13(24)17(21)18(26)22-8-6-19(7-9-22)10-16(25)23(12-19)11-14-2-4-15(20)5-3-14/h2-5,13,17,24H,6-12,21H2,1H3/t13-,17+/m0/s1. The second-order valence-electron chi connectivity index (χ2n) is 7.64. The number of likely N-dealkylation sites (tertiary alicyclic amines) is 2. The van der Waals surface area contributed by atoms with Gasteiger partial charge in [-0.1, -0.05) is 23.7 Å². The molecular weight excluding hydrogens is 354 g/mol. The zero-order valence-electron chi connectivity index (χ0n) is 15.0. The molecule has 3 N–H and O–H groups in total. The van der Waals surface area contributed by atoms with Crippen LogP contribution in [0.25, 0.3) is 0 Å². The van der Waals surface area contributed by atoms with Gasteiger partial charge in [0.1, 0.15) is 6.04 Å². The Morgan fingerprint density at radius 2 is 1.92 bits per heavy atom. The molecule has 0 radical (unpaired) electrons. The molecule has 2 aliphatic heterocycles. The van der Waals surface area contributed by atoms with Crippen LogP contribution in [-0.4, -0.2) is 58.5 Å². The topological polar surface area (TPSA) is 86.9 Å². The van der Waals surface area contributed by atoms with E-state index in [1.807, 2.05) is 29.2 Å². The van der Waals surface area contributed by atoms with Gasteiger partial charge in [-0.25, -0.2) is 0 Å². The highest BCUT2D eigenvalue weighted by molar-refractivity contribution is 6.30. The number of amides is 2. The van der Waals surface area contributed by atoms with Crippen LogP contribution in [-0.2, 0) is 16.1 Å². The maximum Gasteiger partial charge on any atom is 0.242 e. The first-order valence-corrected chi connectivity index (χ1v) is 9.42. The van der Waals surface area contributed by atoms with E-state index in [4.69, 9.17) is 17.3 Å². The Balaban J connectivity index is 1.58. The number of hydrogen-bond donors (Lipinski definition) is 2. The van der Waals surface area contributed by atoms with Crippen molar-refractivity contribution in [3.05, 3.63) is 34.9 Å². The molecule has 3 rings (SSSR count). The lowest BCUT2D eigenvalue weighted by Crippen LogP contribution is -2.53. The molecule has 0 unspecified atom stereocenters. The number of nitrogens with two attached hydrogens (primary N) is 1. The molecule has 1 aromatic rings. The van der Waals surface area contributed by atoms with Gasteiger partial charge in [-0.3, -0.25) is 9.59 Å². The highest BCUT2D eigenvalue weighted by Crippen LogP contribution is 2.41. The van der Waals surface area contributed by atoms with Crippen molar-refractivity contribution < 1.29 is 14.7 Å². The molecule has 142 valence electrons. The lowest BCUT2D eigenvalue weighted by Gasteiger charge is -2.39. The minimum atomic E-state index is -0.879. The zero-order chi connectivity index (χ0) is 18.9. The molecule has 1 aromatic carbocycles. The van der Waals surface area contributed by atoms with Crippen molar-refractivity contribution in [3.8, 4) is 0 Å². The van der Waals surface area contributed by atoms with Crippen molar-refractivity contribution in [2.24, 2.45) is 11.1 Å². The summed E-state index contributed by atoms with van der Waals surface area (Å²) in [5.74, 6) is -0.0439. The Kier molecular flexibility index (Phi) is 5.55. The summed E-state index contributed by atoms with van der Waals surface area (Å²) >= 11 is 5.92. The third-order valence-corrected chi connectivity index (χ3v) is 5.88. The van der Waals surface area contributed by atoms with Gasteiger partial charge in [-0.15, -0.1) is 0 Å². The number of carbonyl (C=O) groups excluding carboxylic acids is 2. The van der Waals surface area contributed by atoms with Gasteiger partial charge in [0.15, 0.2) is 0 Å². The van der Waals surface area contributed by atoms with Crippen LogP contribution < -0.4 is 5.73 Å². The van der Waals surface area contributed by atoms with Crippen molar-refractivity contribution in [1.82, 2.24) is 9.80 Å². The Labute approximate surface area is 158 Å². The Morgan fingerprint density at radius 3 is 2.50 bits per heavy atom. The molecule has 0 saturated carbocycles. The fourth-order valence-electron chi connectivity index (χ4n) is 3.89. The van der Waals surface area contributed by atoms with E-state index < -0.39 is 12.1 Å². The highest BCUT2D eigenvalue weighted by atomic mass is 35.5. The van der Waals surface area contributed by atoms with Gasteiger partial charge in [0, 0.05) is 43.0 Å². The minimum Gasteiger partial charge on any atom is -0.391 e. The van der Waals surface area contributed by atoms with Crippen LogP contribution in [0.2, 0.25) is 5.02 Å². The molecule has 6 nitrogen and oxygen atoms in total. The van der Waals surface area contributed by atoms with E-state index in [-0.39, 0.29) is 17.2 Å². The van der Waals surface area contributed by atoms with E-state index >= 15 is 0 Å². The number of benzene rings is 1. The van der Waals surface area contributed by atoms with E-state index in [0.29, 0.717) is 31.1 Å². The van der Waals surface area contributed by atoms with Gasteiger partial charge >= 0.3 is 0 Å². The summed E-state index contributed by atoms with van der Waals surface area (Å²) in [6.07, 6.45) is 1.24. The number of carbonyl (C=O) groups is 2. The minimum absolute atomic E-state index is 0.0603. The second-order valence-corrected chi connectivity index (χ2v) is 8.08. The predicted octanol–water partition coefficient (Wildman–Crippen LogP) is 1.39. The summed E-state index contributed by atoms with van der Waals surface area (Å²) in [7, 11) is 0. The smallest absolute Gasteiger partial charge is 0.242 e. The van der Waals surface area contributed by atoms with E-state index in [1.165, 1.54) is 6.92 Å². The molecule has 2 amide bonds. The largest absolute Gasteiger partial charge is 0.391 e. The van der Waals surface area contributed by atoms with Crippen molar-refractivity contribution >= 4 is 23.4 Å². The summed E-state index contributed by atoms with van der Waals surface area (Å²) in [4.78, 5) is 28.4. The molecule has 2 saturated heterocycles. The lowest BCUT2D eigenvalue weighted by atomic mass is 9.77. The number of hydrogen-bond acceptors (Lipinski definition) is 4. The van der Waals surface area contributed by atoms with E-state index in [9.17, 15) is 14.7 Å². The summed E-state index contributed by atoms with van der Waals surface area (Å²) in [6, 6.07) is 6.68. The van der Waals surface area contributed by atoms with Gasteiger partial charge in [0.05, 0.1) is 6.10 Å². The SMILES string of the molecule is C[C@H](O)[C@@H](N)C(=O)N1CCC2(CC1)CC(=O)N(Cc1ccc(Cl)cc1)C2. The average molecular weight is 380 g/mol. The number of piperidine rings is 1. The van der Waals surface area contributed by atoms with Gasteiger partial charge in [0.2, 0.25) is 11.8 Å². The second kappa shape index (κ2) is 7.55. The molecule has 2 heterocycles. The van der Waals surface area contributed by atoms with Crippen molar-refractivity contribution in [2.75, 3.05) is 19.6 Å². The van der Waals surface area contributed by atoms with Gasteiger partial charge in [-0.2, -0.15) is 0 Å². The average Bonchev–Trinajstić information content (AvgIpc) is 2.91. The molecule has 0 bridgehead atoms. The maximum absolute atomic E-state index is 12.5. The Hall–Kier alpha value is -1.63. The Bertz CT molecular complexity index is 669. The molecule has 26 heavy (non-hydrogen) atoms. The van der Waals surface area contributed by atoms with Crippen molar-refractivity contribution in [2.45, 2.75) is 44.9 Å². The van der Waals surface area contributed by atoms with Gasteiger partial charge in [-0.05, 0) is 37.5 Å². The number of halogens is 1. The number of rotatable bonds is 4. The third-order valence-electron chi connectivity index (χ3n) is 5.63. The lowest BCUT2D eigenvalue weighted by molar-refractivity contribution is -0.137. The molecule has 0 aliphatic carbocycles. The highest BCUT2D eigenvalue weighted by Gasteiger charge is 2.45. The summed E-state index contributed by atoms with van der Waals surface area (Å²) in [5.41, 5.74) is 6.77. The van der Waals surface area contributed by atoms with Crippen LogP contribution in [0.15, 0.2) is 24.3 Å². The number of aliphatic hydroxyl groups is 1. The number of nitrogens with zero attached hydrogens (tertiary/aromatic N) is 2. The van der Waals surface area contributed by atoms with Crippen molar-refractivity contribution in [1.29, 1.82) is 0 Å². The predicted molar refractivity (Wildman–Crippen MR) is 99.4 cm³/mol. The molecule has 2 atom stereocenters. The van der Waals surface area contributed by atoms with Crippen LogP contribution in [0.3, 0.4) is 0 Å². The zero-order valence-corrected chi connectivity index (χ0v) is 15.8. The fourth-order valence-corrected chi connectivity index (χ4v) is 4.02. The maximum atomic E-state index is 12.5. The van der Waals surface area contributed by atoms with Crippen LogP contribution in [0.1, 0.15) is 31.7 Å². The first-order valence-electron chi connectivity index (χ1n) is 9.04. The third kappa shape index (κ3) is 4.03. The summed E-state index contributed by atoms with van der Waals surface area (Å²) < 4.78 is 0. The fraction of sp³-hybridized carbons (Fsp3) is 0.579. The first-order chi connectivity index (χ1) is 12.3. The van der Waals surface area contributed by atoms with E-state index in [0.717, 1.165) is 24.9 Å². The quantitative estimate of drug-likeness (QED) is 0.827. The molecule has 2 fully saturated rings. The molecule has 7 heteroatoms. The van der Waals surface area contributed by atoms with E-state index in [2.05, 4.69) is 0 Å². The summed E-state index contributed by atoms with van der Waals surface area (Å²) in [6.45, 7) is 4.01. The van der Waals surface area contributed by atoms with Gasteiger partial charge in [0.25, 0.3) is 0 Å². The van der Waals surface area contributed by atoms with Gasteiger partial charge < -0.3 is 20.6 Å². The molecule has 0 aromatic heterocycles. The monoisotopic (exact) mass is 379 g/mol. The van der Waals surface area contributed by atoms with Crippen LogP contribution >= 0.6 is 11.6 Å². The summed E-state index contributed by atoms with van der Waals surface area (Å²) in [5, 5.41) is 10.2. The first kappa shape index (κ1) is 19.1. The number of aliphatic hydroxyl groups excluding tert-OH is 1. The van der Waals surface area contributed by atoms with Crippen molar-refractivity contribution in [3.63, 3.8) is 0 Å². The molecular formula is C19H26ClN3O3. The normalized spacial score (nSPS) is 21.9. The molecule has 1 spiro atoms. The van der Waals surface area contributed by atoms with E-state index in [1.54, 1.807) is 4.90 Å². The molecule has 2 aliphatic rings. The van der Waals surface area contributed by atoms with Crippen LogP contribution in [0.5, 0.6) is 0 Å². The van der Waals surface area contributed by atoms with Crippen LogP contribution in [0.4, 0.5) is 0 Å².